The van der Waals surface area contributed by atoms with Crippen molar-refractivity contribution < 1.29 is 14.2 Å². The van der Waals surface area contributed by atoms with Crippen LogP contribution in [0.25, 0.3) is 0 Å². The summed E-state index contributed by atoms with van der Waals surface area (Å²) in [6.07, 6.45) is 4.19. The van der Waals surface area contributed by atoms with Crippen LogP contribution in [0.5, 0.6) is 5.75 Å². The van der Waals surface area contributed by atoms with Crippen LogP contribution in [-0.4, -0.2) is 30.9 Å². The number of nitrogens with one attached hydrogen (secondary N) is 1. The van der Waals surface area contributed by atoms with Gasteiger partial charge in [0.25, 0.3) is 0 Å². The van der Waals surface area contributed by atoms with Gasteiger partial charge in [0.15, 0.2) is 11.6 Å². The highest BCUT2D eigenvalue weighted by molar-refractivity contribution is 5.23. The molecular formula is C15H24FNO2. The number of hydrogen-bond donors (Lipinski definition) is 2. The second-order valence-electron chi connectivity index (χ2n) is 4.66. The molecule has 0 saturated carbocycles. The van der Waals surface area contributed by atoms with Crippen molar-refractivity contribution in [2.45, 2.75) is 38.7 Å². The van der Waals surface area contributed by atoms with Gasteiger partial charge >= 0.3 is 0 Å². The molecule has 0 unspecified atom stereocenters. The zero-order chi connectivity index (χ0) is 13.9. The third kappa shape index (κ3) is 7.13. The van der Waals surface area contributed by atoms with Crippen molar-refractivity contribution in [3.8, 4) is 5.75 Å². The smallest absolute Gasteiger partial charge is 0.165 e. The predicted molar refractivity (Wildman–Crippen MR) is 74.9 cm³/mol. The molecule has 0 amide bonds. The maximum absolute atomic E-state index is 13.2. The maximum atomic E-state index is 13.2. The van der Waals surface area contributed by atoms with E-state index >= 15 is 0 Å². The van der Waals surface area contributed by atoms with E-state index in [4.69, 9.17) is 4.74 Å². The Morgan fingerprint density at radius 2 is 2.05 bits per heavy atom. The van der Waals surface area contributed by atoms with E-state index in [1.807, 2.05) is 0 Å². The van der Waals surface area contributed by atoms with Gasteiger partial charge < -0.3 is 15.2 Å². The highest BCUT2D eigenvalue weighted by Crippen LogP contribution is 2.15. The van der Waals surface area contributed by atoms with Crippen molar-refractivity contribution in [1.82, 2.24) is 5.32 Å². The van der Waals surface area contributed by atoms with E-state index in [1.54, 1.807) is 18.2 Å². The lowest BCUT2D eigenvalue weighted by Gasteiger charge is -2.13. The van der Waals surface area contributed by atoms with Crippen LogP contribution < -0.4 is 10.1 Å². The number of ether oxygens (including phenoxy) is 1. The highest BCUT2D eigenvalue weighted by atomic mass is 19.1. The second-order valence-corrected chi connectivity index (χ2v) is 4.66. The summed E-state index contributed by atoms with van der Waals surface area (Å²) in [6.45, 7) is 3.65. The first-order valence-electron chi connectivity index (χ1n) is 7.00. The van der Waals surface area contributed by atoms with Crippen LogP contribution in [0.2, 0.25) is 0 Å². The molecule has 0 aromatic heterocycles. The van der Waals surface area contributed by atoms with Gasteiger partial charge in [-0.15, -0.1) is 0 Å². The van der Waals surface area contributed by atoms with Gasteiger partial charge in [0, 0.05) is 6.54 Å². The third-order valence-electron chi connectivity index (χ3n) is 2.85. The Hall–Kier alpha value is -1.13. The number of halogens is 1. The molecule has 2 N–H and O–H groups in total. The van der Waals surface area contributed by atoms with Crippen LogP contribution in [0.4, 0.5) is 4.39 Å². The summed E-state index contributed by atoms with van der Waals surface area (Å²) in [6, 6.07) is 6.21. The lowest BCUT2D eigenvalue weighted by Crippen LogP contribution is -2.32. The average molecular weight is 269 g/mol. The number of hydrogen-bond acceptors (Lipinski definition) is 3. The minimum absolute atomic E-state index is 0.100. The molecule has 0 saturated heterocycles. The molecule has 0 fully saturated rings. The number of aliphatic hydroxyl groups is 1. The van der Waals surface area contributed by atoms with E-state index < -0.39 is 11.9 Å². The summed E-state index contributed by atoms with van der Waals surface area (Å²) in [4.78, 5) is 0. The first-order chi connectivity index (χ1) is 9.24. The first-order valence-corrected chi connectivity index (χ1v) is 7.00. The number of unbranched alkanes of at least 4 members (excludes halogenated alkanes) is 3. The fourth-order valence-corrected chi connectivity index (χ4v) is 1.75. The van der Waals surface area contributed by atoms with E-state index in [-0.39, 0.29) is 12.4 Å². The molecule has 0 aliphatic rings. The van der Waals surface area contributed by atoms with Crippen LogP contribution in [0.15, 0.2) is 24.3 Å². The quantitative estimate of drug-likeness (QED) is 0.642. The summed E-state index contributed by atoms with van der Waals surface area (Å²) in [5, 5.41) is 12.9. The Bertz CT molecular complexity index is 347. The molecule has 1 aromatic rings. The molecule has 1 rings (SSSR count). The topological polar surface area (TPSA) is 41.5 Å². The SMILES string of the molecule is CCCCCCNC[C@H](O)COc1ccccc1F. The molecule has 19 heavy (non-hydrogen) atoms. The molecule has 1 atom stereocenters. The highest BCUT2D eigenvalue weighted by Gasteiger charge is 2.07. The summed E-state index contributed by atoms with van der Waals surface area (Å²) >= 11 is 0. The fourth-order valence-electron chi connectivity index (χ4n) is 1.75. The Kier molecular flexibility index (Phi) is 8.18. The van der Waals surface area contributed by atoms with Gasteiger partial charge in [-0.3, -0.25) is 0 Å². The zero-order valence-electron chi connectivity index (χ0n) is 11.6. The van der Waals surface area contributed by atoms with Gasteiger partial charge in [0.05, 0.1) is 0 Å². The lowest BCUT2D eigenvalue weighted by atomic mass is 10.2. The van der Waals surface area contributed by atoms with E-state index in [2.05, 4.69) is 12.2 Å². The molecule has 3 nitrogen and oxygen atoms in total. The van der Waals surface area contributed by atoms with E-state index in [0.717, 1.165) is 13.0 Å². The molecule has 0 radical (unpaired) electrons. The van der Waals surface area contributed by atoms with Gasteiger partial charge in [0.1, 0.15) is 12.7 Å². The number of benzene rings is 1. The third-order valence-corrected chi connectivity index (χ3v) is 2.85. The monoisotopic (exact) mass is 269 g/mol. The first kappa shape index (κ1) is 15.9. The Morgan fingerprint density at radius 1 is 1.26 bits per heavy atom. The van der Waals surface area contributed by atoms with Crippen molar-refractivity contribution in [3.05, 3.63) is 30.1 Å². The zero-order valence-corrected chi connectivity index (χ0v) is 11.6. The average Bonchev–Trinajstić information content (AvgIpc) is 2.42. The lowest BCUT2D eigenvalue weighted by molar-refractivity contribution is 0.104. The van der Waals surface area contributed by atoms with Crippen LogP contribution in [-0.2, 0) is 0 Å². The summed E-state index contributed by atoms with van der Waals surface area (Å²) < 4.78 is 18.5. The van der Waals surface area contributed by atoms with Gasteiger partial charge in [0.2, 0.25) is 0 Å². The number of rotatable bonds is 10. The molecule has 0 heterocycles. The molecule has 0 aliphatic heterocycles. The van der Waals surface area contributed by atoms with Gasteiger partial charge in [-0.25, -0.2) is 4.39 Å². The maximum Gasteiger partial charge on any atom is 0.165 e. The summed E-state index contributed by atoms with van der Waals surface area (Å²) in [5.74, 6) is -0.216. The molecule has 108 valence electrons. The van der Waals surface area contributed by atoms with E-state index in [0.29, 0.717) is 6.54 Å². The number of para-hydroxylation sites is 1. The van der Waals surface area contributed by atoms with Crippen molar-refractivity contribution in [2.24, 2.45) is 0 Å². The van der Waals surface area contributed by atoms with E-state index in [9.17, 15) is 9.50 Å². The predicted octanol–water partition coefficient (Wildman–Crippen LogP) is 2.74. The van der Waals surface area contributed by atoms with Crippen molar-refractivity contribution >= 4 is 0 Å². The second kappa shape index (κ2) is 9.75. The Morgan fingerprint density at radius 3 is 2.79 bits per heavy atom. The van der Waals surface area contributed by atoms with Gasteiger partial charge in [-0.1, -0.05) is 38.3 Å². The minimum atomic E-state index is -0.620. The fraction of sp³-hybridized carbons (Fsp3) is 0.600. The normalized spacial score (nSPS) is 12.4. The van der Waals surface area contributed by atoms with Gasteiger partial charge in [-0.2, -0.15) is 0 Å². The van der Waals surface area contributed by atoms with Crippen LogP contribution in [0.3, 0.4) is 0 Å². The van der Waals surface area contributed by atoms with Crippen LogP contribution in [0, 0.1) is 5.82 Å². The minimum Gasteiger partial charge on any atom is -0.488 e. The van der Waals surface area contributed by atoms with Crippen molar-refractivity contribution in [2.75, 3.05) is 19.7 Å². The van der Waals surface area contributed by atoms with Crippen molar-refractivity contribution in [1.29, 1.82) is 0 Å². The van der Waals surface area contributed by atoms with Gasteiger partial charge in [-0.05, 0) is 25.1 Å². The number of aliphatic hydroxyl groups excluding tert-OH is 1. The standard InChI is InChI=1S/C15H24FNO2/c1-2-3-4-7-10-17-11-13(18)12-19-15-9-6-5-8-14(15)16/h5-6,8-9,13,17-18H,2-4,7,10-12H2,1H3/t13-/m0/s1. The Labute approximate surface area is 114 Å². The molecule has 0 bridgehead atoms. The largest absolute Gasteiger partial charge is 0.488 e. The Balaban J connectivity index is 2.08. The van der Waals surface area contributed by atoms with Crippen LogP contribution in [0.1, 0.15) is 32.6 Å². The molecule has 0 aliphatic carbocycles. The van der Waals surface area contributed by atoms with E-state index in [1.165, 1.54) is 25.3 Å². The van der Waals surface area contributed by atoms with Crippen LogP contribution >= 0.6 is 0 Å². The summed E-state index contributed by atoms with van der Waals surface area (Å²) in [5.41, 5.74) is 0. The summed E-state index contributed by atoms with van der Waals surface area (Å²) in [7, 11) is 0. The molecule has 1 aromatic carbocycles. The molecule has 4 heteroatoms. The van der Waals surface area contributed by atoms with Crippen molar-refractivity contribution in [3.63, 3.8) is 0 Å². The molecule has 0 spiro atoms. The molecular weight excluding hydrogens is 245 g/mol.